The van der Waals surface area contributed by atoms with E-state index in [0.29, 0.717) is 5.39 Å². The van der Waals surface area contributed by atoms with Crippen molar-refractivity contribution < 1.29 is 0 Å². The second kappa shape index (κ2) is 2.35. The van der Waals surface area contributed by atoms with E-state index in [1.807, 2.05) is 13.0 Å². The first-order valence-corrected chi connectivity index (χ1v) is 3.91. The number of pyridine rings is 1. The molecule has 0 fully saturated rings. The van der Waals surface area contributed by atoms with Gasteiger partial charge in [0.1, 0.15) is 5.39 Å². The monoisotopic (exact) mass is 178 g/mol. The number of hydrogen-bond acceptors (Lipinski definition) is 3. The largest absolute Gasteiger partial charge is 0.382 e. The van der Waals surface area contributed by atoms with Crippen molar-refractivity contribution in [3.05, 3.63) is 22.1 Å². The van der Waals surface area contributed by atoms with Gasteiger partial charge in [-0.2, -0.15) is 5.10 Å². The van der Waals surface area contributed by atoms with Crippen LogP contribution in [0.1, 0.15) is 5.69 Å². The van der Waals surface area contributed by atoms with Crippen molar-refractivity contribution >= 4 is 16.7 Å². The highest BCUT2D eigenvalue weighted by Gasteiger charge is 2.09. The Balaban J connectivity index is 3.06. The van der Waals surface area contributed by atoms with Gasteiger partial charge in [0.15, 0.2) is 5.82 Å². The second-order valence-electron chi connectivity index (χ2n) is 3.05. The van der Waals surface area contributed by atoms with Crippen molar-refractivity contribution in [1.29, 1.82) is 0 Å². The number of nitrogens with two attached hydrogens (primary N) is 1. The molecule has 13 heavy (non-hydrogen) atoms. The van der Waals surface area contributed by atoms with Crippen LogP contribution in [0.15, 0.2) is 10.9 Å². The molecule has 0 amide bonds. The van der Waals surface area contributed by atoms with Crippen LogP contribution in [0.4, 0.5) is 5.82 Å². The van der Waals surface area contributed by atoms with Gasteiger partial charge in [0, 0.05) is 12.7 Å². The Morgan fingerprint density at radius 3 is 3.00 bits per heavy atom. The van der Waals surface area contributed by atoms with E-state index in [2.05, 4.69) is 10.1 Å². The van der Waals surface area contributed by atoms with E-state index >= 15 is 0 Å². The Morgan fingerprint density at radius 1 is 1.62 bits per heavy atom. The number of H-pyrrole nitrogens is 1. The quantitative estimate of drug-likeness (QED) is 0.603. The number of nitrogens with one attached hydrogen (secondary N) is 1. The fourth-order valence-electron chi connectivity index (χ4n) is 1.44. The number of nitrogen functional groups attached to an aromatic ring is 1. The lowest BCUT2D eigenvalue weighted by Crippen LogP contribution is -2.08. The Morgan fingerprint density at radius 2 is 2.31 bits per heavy atom. The molecule has 2 heterocycles. The summed E-state index contributed by atoms with van der Waals surface area (Å²) < 4.78 is 1.60. The highest BCUT2D eigenvalue weighted by atomic mass is 16.1. The zero-order chi connectivity index (χ0) is 9.59. The third kappa shape index (κ3) is 1.00. The number of hydrogen-bond donors (Lipinski definition) is 2. The first kappa shape index (κ1) is 7.85. The summed E-state index contributed by atoms with van der Waals surface area (Å²) in [6, 6.07) is 1.85. The molecule has 2 aromatic heterocycles. The van der Waals surface area contributed by atoms with E-state index in [0.717, 1.165) is 11.2 Å². The predicted octanol–water partition coefficient (Wildman–Crippen LogP) is 0.152. The SMILES string of the molecule is Cc1cc2c(c(N)nn2C)c(=O)[nH]1. The summed E-state index contributed by atoms with van der Waals surface area (Å²) in [4.78, 5) is 14.1. The van der Waals surface area contributed by atoms with Crippen molar-refractivity contribution in [1.82, 2.24) is 14.8 Å². The molecule has 68 valence electrons. The van der Waals surface area contributed by atoms with Gasteiger partial charge in [0.05, 0.1) is 5.52 Å². The van der Waals surface area contributed by atoms with Gasteiger partial charge >= 0.3 is 0 Å². The van der Waals surface area contributed by atoms with Crippen molar-refractivity contribution in [2.45, 2.75) is 6.92 Å². The zero-order valence-corrected chi connectivity index (χ0v) is 7.46. The lowest BCUT2D eigenvalue weighted by atomic mass is 10.3. The minimum absolute atomic E-state index is 0.180. The van der Waals surface area contributed by atoms with Crippen molar-refractivity contribution in [2.24, 2.45) is 7.05 Å². The fourth-order valence-corrected chi connectivity index (χ4v) is 1.44. The molecule has 0 bridgehead atoms. The number of aromatic nitrogens is 3. The summed E-state index contributed by atoms with van der Waals surface area (Å²) in [5.74, 6) is 0.277. The first-order chi connectivity index (χ1) is 6.09. The molecule has 0 radical (unpaired) electrons. The van der Waals surface area contributed by atoms with E-state index < -0.39 is 0 Å². The Labute approximate surface area is 74.2 Å². The number of aromatic amines is 1. The summed E-state index contributed by atoms with van der Waals surface area (Å²) in [5.41, 5.74) is 6.96. The maximum Gasteiger partial charge on any atom is 0.261 e. The van der Waals surface area contributed by atoms with Crippen LogP contribution in [-0.4, -0.2) is 14.8 Å². The topological polar surface area (TPSA) is 76.7 Å². The first-order valence-electron chi connectivity index (χ1n) is 3.91. The third-order valence-corrected chi connectivity index (χ3v) is 2.01. The van der Waals surface area contributed by atoms with Gasteiger partial charge in [-0.25, -0.2) is 0 Å². The highest BCUT2D eigenvalue weighted by Crippen LogP contribution is 2.14. The molecule has 0 aliphatic carbocycles. The maximum atomic E-state index is 11.4. The van der Waals surface area contributed by atoms with E-state index in [1.165, 1.54) is 0 Å². The summed E-state index contributed by atoms with van der Waals surface area (Å²) in [6.45, 7) is 1.82. The van der Waals surface area contributed by atoms with E-state index in [-0.39, 0.29) is 11.4 Å². The molecule has 0 aliphatic rings. The Bertz CT molecular complexity index is 523. The molecular formula is C8H10N4O. The molecule has 0 aliphatic heterocycles. The molecule has 0 saturated carbocycles. The molecule has 2 rings (SSSR count). The zero-order valence-electron chi connectivity index (χ0n) is 7.46. The minimum Gasteiger partial charge on any atom is -0.382 e. The van der Waals surface area contributed by atoms with Gasteiger partial charge in [-0.05, 0) is 13.0 Å². The molecule has 0 saturated heterocycles. The third-order valence-electron chi connectivity index (χ3n) is 2.01. The van der Waals surface area contributed by atoms with Crippen molar-refractivity contribution in [3.8, 4) is 0 Å². The molecule has 3 N–H and O–H groups in total. The summed E-state index contributed by atoms with van der Waals surface area (Å²) >= 11 is 0. The normalized spacial score (nSPS) is 10.9. The lowest BCUT2D eigenvalue weighted by molar-refractivity contribution is 0.801. The predicted molar refractivity (Wildman–Crippen MR) is 50.5 cm³/mol. The summed E-state index contributed by atoms with van der Waals surface area (Å²) in [6.07, 6.45) is 0. The van der Waals surface area contributed by atoms with E-state index in [9.17, 15) is 4.79 Å². The van der Waals surface area contributed by atoms with Crippen molar-refractivity contribution in [2.75, 3.05) is 5.73 Å². The molecule has 0 aromatic carbocycles. The van der Waals surface area contributed by atoms with Gasteiger partial charge in [-0.3, -0.25) is 9.48 Å². The molecule has 0 atom stereocenters. The lowest BCUT2D eigenvalue weighted by Gasteiger charge is -1.94. The van der Waals surface area contributed by atoms with Crippen LogP contribution in [-0.2, 0) is 7.05 Å². The minimum atomic E-state index is -0.180. The highest BCUT2D eigenvalue weighted by molar-refractivity contribution is 5.88. The molecular weight excluding hydrogens is 168 g/mol. The number of rotatable bonds is 0. The van der Waals surface area contributed by atoms with Crippen LogP contribution < -0.4 is 11.3 Å². The number of fused-ring (bicyclic) bond motifs is 1. The molecule has 5 nitrogen and oxygen atoms in total. The number of aryl methyl sites for hydroxylation is 2. The van der Waals surface area contributed by atoms with Gasteiger partial charge < -0.3 is 10.7 Å². The van der Waals surface area contributed by atoms with Crippen LogP contribution in [0.2, 0.25) is 0 Å². The van der Waals surface area contributed by atoms with Gasteiger partial charge in [-0.1, -0.05) is 0 Å². The molecule has 0 spiro atoms. The average molecular weight is 178 g/mol. The number of anilines is 1. The van der Waals surface area contributed by atoms with Crippen LogP contribution in [0.25, 0.3) is 10.9 Å². The maximum absolute atomic E-state index is 11.4. The van der Waals surface area contributed by atoms with Gasteiger partial charge in [0.2, 0.25) is 0 Å². The van der Waals surface area contributed by atoms with Crippen LogP contribution in [0.5, 0.6) is 0 Å². The van der Waals surface area contributed by atoms with E-state index in [1.54, 1.807) is 11.7 Å². The molecule has 2 aromatic rings. The Hall–Kier alpha value is -1.78. The smallest absolute Gasteiger partial charge is 0.261 e. The summed E-state index contributed by atoms with van der Waals surface area (Å²) in [7, 11) is 1.76. The van der Waals surface area contributed by atoms with Crippen LogP contribution in [0.3, 0.4) is 0 Å². The molecule has 5 heteroatoms. The van der Waals surface area contributed by atoms with E-state index in [4.69, 9.17) is 5.73 Å². The second-order valence-corrected chi connectivity index (χ2v) is 3.05. The molecule has 0 unspecified atom stereocenters. The van der Waals surface area contributed by atoms with Crippen LogP contribution >= 0.6 is 0 Å². The average Bonchev–Trinajstić information content (AvgIpc) is 2.27. The number of nitrogens with zero attached hydrogens (tertiary/aromatic N) is 2. The Kier molecular flexibility index (Phi) is 1.42. The summed E-state index contributed by atoms with van der Waals surface area (Å²) in [5, 5.41) is 4.43. The van der Waals surface area contributed by atoms with Crippen molar-refractivity contribution in [3.63, 3.8) is 0 Å². The van der Waals surface area contributed by atoms with Gasteiger partial charge in [0.25, 0.3) is 5.56 Å². The van der Waals surface area contributed by atoms with Crippen LogP contribution in [0, 0.1) is 6.92 Å². The van der Waals surface area contributed by atoms with Gasteiger partial charge in [-0.15, -0.1) is 0 Å². The standard InChI is InChI=1S/C8H10N4O/c1-4-3-5-6(8(13)10-4)7(9)11-12(5)2/h3H,1-2H3,(H2,9,11)(H,10,13). The fraction of sp³-hybridized carbons (Fsp3) is 0.250.